The third kappa shape index (κ3) is 6.70. The molecule has 0 aliphatic carbocycles. The number of nitrogens with zero attached hydrogens (tertiary/aromatic N) is 3. The number of likely N-dealkylation sites (N-methyl/N-ethyl adjacent to an activating group) is 1. The summed E-state index contributed by atoms with van der Waals surface area (Å²) in [5.41, 5.74) is 1.25. The summed E-state index contributed by atoms with van der Waals surface area (Å²) in [6.45, 7) is 3.51. The number of carbonyl (C=O) groups is 2. The first kappa shape index (κ1) is 21.4. The number of anilines is 1. The van der Waals surface area contributed by atoms with Crippen molar-refractivity contribution in [1.29, 1.82) is 0 Å². The van der Waals surface area contributed by atoms with Gasteiger partial charge in [0.25, 0.3) is 0 Å². The zero-order chi connectivity index (χ0) is 20.5. The molecule has 1 amide bonds. The average Bonchev–Trinajstić information content (AvgIpc) is 3.10. The fourth-order valence-electron chi connectivity index (χ4n) is 2.50. The highest BCUT2D eigenvalue weighted by Crippen LogP contribution is 2.28. The molecule has 0 aliphatic heterocycles. The number of hydrogen-bond donors (Lipinski definition) is 1. The smallest absolute Gasteiger partial charge is 0.224 e. The third-order valence-electron chi connectivity index (χ3n) is 4.07. The lowest BCUT2D eigenvalue weighted by molar-refractivity contribution is -0.116. The number of Topliss-reactive ketones (excluding diaryl/α,β-unsaturated/α-hetero) is 1. The van der Waals surface area contributed by atoms with Crippen molar-refractivity contribution < 1.29 is 19.1 Å². The summed E-state index contributed by atoms with van der Waals surface area (Å²) in [5, 5.41) is 7.07. The molecule has 0 spiro atoms. The quantitative estimate of drug-likeness (QED) is 0.470. The van der Waals surface area contributed by atoms with Gasteiger partial charge in [-0.05, 0) is 45.6 Å². The highest BCUT2D eigenvalue weighted by molar-refractivity contribution is 5.94. The van der Waals surface area contributed by atoms with Crippen LogP contribution in [-0.2, 0) is 11.3 Å². The molecule has 0 fully saturated rings. The molecule has 1 aromatic carbocycles. The second-order valence-corrected chi connectivity index (χ2v) is 6.72. The zero-order valence-electron chi connectivity index (χ0n) is 16.9. The Hall–Kier alpha value is -2.87. The maximum atomic E-state index is 12.1. The topological polar surface area (TPSA) is 85.7 Å². The van der Waals surface area contributed by atoms with Crippen molar-refractivity contribution in [2.24, 2.45) is 0 Å². The Balaban J connectivity index is 1.75. The van der Waals surface area contributed by atoms with Gasteiger partial charge in [-0.2, -0.15) is 5.10 Å². The van der Waals surface area contributed by atoms with Crippen LogP contribution in [0.1, 0.15) is 30.1 Å². The molecule has 0 unspecified atom stereocenters. The van der Waals surface area contributed by atoms with E-state index in [-0.39, 0.29) is 11.7 Å². The van der Waals surface area contributed by atoms with Crippen molar-refractivity contribution in [3.63, 3.8) is 0 Å². The zero-order valence-corrected chi connectivity index (χ0v) is 16.9. The van der Waals surface area contributed by atoms with Crippen LogP contribution in [0.15, 0.2) is 30.6 Å². The molecular weight excluding hydrogens is 360 g/mol. The van der Waals surface area contributed by atoms with E-state index in [2.05, 4.69) is 15.3 Å². The van der Waals surface area contributed by atoms with E-state index in [1.807, 2.05) is 20.3 Å². The Morgan fingerprint density at radius 2 is 2.04 bits per heavy atom. The van der Waals surface area contributed by atoms with E-state index in [0.29, 0.717) is 42.2 Å². The molecular formula is C20H28N4O4. The van der Waals surface area contributed by atoms with E-state index in [0.717, 1.165) is 13.1 Å². The first-order valence-electron chi connectivity index (χ1n) is 9.18. The summed E-state index contributed by atoms with van der Waals surface area (Å²) in [4.78, 5) is 25.6. The molecule has 2 rings (SSSR count). The van der Waals surface area contributed by atoms with E-state index < -0.39 is 0 Å². The predicted octanol–water partition coefficient (Wildman–Crippen LogP) is 2.45. The lowest BCUT2D eigenvalue weighted by Gasteiger charge is -2.11. The van der Waals surface area contributed by atoms with Crippen molar-refractivity contribution in [3.8, 4) is 11.5 Å². The standard InChI is InChI=1S/C20H28N4O4/c1-15(25)16-7-8-18(19(12-16)27-4)28-11-5-6-20(26)22-17-13-21-24(14-17)10-9-23(2)3/h7-8,12-14H,5-6,9-11H2,1-4H3,(H,22,26). The van der Waals surface area contributed by atoms with E-state index >= 15 is 0 Å². The van der Waals surface area contributed by atoms with Crippen LogP contribution >= 0.6 is 0 Å². The Morgan fingerprint density at radius 3 is 2.71 bits per heavy atom. The Kier molecular flexibility index (Phi) is 8.01. The summed E-state index contributed by atoms with van der Waals surface area (Å²) in [5.74, 6) is 0.929. The third-order valence-corrected chi connectivity index (χ3v) is 4.07. The van der Waals surface area contributed by atoms with Crippen LogP contribution in [0, 0.1) is 0 Å². The number of rotatable bonds is 11. The van der Waals surface area contributed by atoms with Gasteiger partial charge in [-0.15, -0.1) is 0 Å². The van der Waals surface area contributed by atoms with Gasteiger partial charge in [0.1, 0.15) is 0 Å². The maximum Gasteiger partial charge on any atom is 0.224 e. The highest BCUT2D eigenvalue weighted by atomic mass is 16.5. The number of ether oxygens (including phenoxy) is 2. The van der Waals surface area contributed by atoms with Crippen molar-refractivity contribution in [2.45, 2.75) is 26.3 Å². The fourth-order valence-corrected chi connectivity index (χ4v) is 2.50. The van der Waals surface area contributed by atoms with Gasteiger partial charge in [-0.3, -0.25) is 14.3 Å². The molecule has 2 aromatic rings. The number of ketones is 1. The molecule has 152 valence electrons. The van der Waals surface area contributed by atoms with E-state index in [1.54, 1.807) is 29.1 Å². The van der Waals surface area contributed by atoms with Gasteiger partial charge in [0.2, 0.25) is 5.91 Å². The van der Waals surface area contributed by atoms with Crippen molar-refractivity contribution in [2.75, 3.05) is 39.7 Å². The van der Waals surface area contributed by atoms with Crippen LogP contribution in [0.25, 0.3) is 0 Å². The minimum absolute atomic E-state index is 0.0356. The van der Waals surface area contributed by atoms with Gasteiger partial charge >= 0.3 is 0 Å². The summed E-state index contributed by atoms with van der Waals surface area (Å²) in [7, 11) is 5.53. The minimum Gasteiger partial charge on any atom is -0.493 e. The molecule has 0 saturated carbocycles. The van der Waals surface area contributed by atoms with Gasteiger partial charge in [0.05, 0.1) is 32.1 Å². The normalized spacial score (nSPS) is 10.8. The molecule has 28 heavy (non-hydrogen) atoms. The molecule has 1 N–H and O–H groups in total. The molecule has 0 atom stereocenters. The summed E-state index contributed by atoms with van der Waals surface area (Å²) in [6.07, 6.45) is 4.35. The molecule has 0 saturated heterocycles. The monoisotopic (exact) mass is 388 g/mol. The Bertz CT molecular complexity index is 801. The van der Waals surface area contributed by atoms with E-state index in [1.165, 1.54) is 14.0 Å². The average molecular weight is 388 g/mol. The molecule has 0 bridgehead atoms. The van der Waals surface area contributed by atoms with E-state index in [9.17, 15) is 9.59 Å². The number of benzene rings is 1. The predicted molar refractivity (Wildman–Crippen MR) is 107 cm³/mol. The lowest BCUT2D eigenvalue weighted by atomic mass is 10.1. The van der Waals surface area contributed by atoms with Crippen LogP contribution in [0.3, 0.4) is 0 Å². The molecule has 0 aliphatic rings. The summed E-state index contributed by atoms with van der Waals surface area (Å²) >= 11 is 0. The molecule has 1 aromatic heterocycles. The minimum atomic E-state index is -0.0883. The van der Waals surface area contributed by atoms with Crippen LogP contribution in [-0.4, -0.2) is 60.7 Å². The Morgan fingerprint density at radius 1 is 1.25 bits per heavy atom. The SMILES string of the molecule is COc1cc(C(C)=O)ccc1OCCCC(=O)Nc1cnn(CCN(C)C)c1. The number of carbonyl (C=O) groups excluding carboxylic acids is 2. The van der Waals surface area contributed by atoms with Crippen LogP contribution < -0.4 is 14.8 Å². The van der Waals surface area contributed by atoms with Crippen LogP contribution in [0.5, 0.6) is 11.5 Å². The van der Waals surface area contributed by atoms with Gasteiger partial charge in [-0.25, -0.2) is 0 Å². The van der Waals surface area contributed by atoms with Crippen LogP contribution in [0.4, 0.5) is 5.69 Å². The second kappa shape index (κ2) is 10.5. The van der Waals surface area contributed by atoms with Crippen molar-refractivity contribution in [1.82, 2.24) is 14.7 Å². The molecule has 0 radical (unpaired) electrons. The first-order valence-corrected chi connectivity index (χ1v) is 9.18. The van der Waals surface area contributed by atoms with Crippen LogP contribution in [0.2, 0.25) is 0 Å². The molecule has 8 heteroatoms. The number of methoxy groups -OCH3 is 1. The Labute approximate surface area is 165 Å². The lowest BCUT2D eigenvalue weighted by Crippen LogP contribution is -2.18. The van der Waals surface area contributed by atoms with Crippen molar-refractivity contribution >= 4 is 17.4 Å². The van der Waals surface area contributed by atoms with E-state index in [4.69, 9.17) is 9.47 Å². The number of nitrogens with one attached hydrogen (secondary N) is 1. The van der Waals surface area contributed by atoms with Gasteiger partial charge in [0.15, 0.2) is 17.3 Å². The van der Waals surface area contributed by atoms with Gasteiger partial charge in [0, 0.05) is 24.7 Å². The number of aromatic nitrogens is 2. The number of amides is 1. The fraction of sp³-hybridized carbons (Fsp3) is 0.450. The number of hydrogen-bond acceptors (Lipinski definition) is 6. The highest BCUT2D eigenvalue weighted by Gasteiger charge is 2.09. The largest absolute Gasteiger partial charge is 0.493 e. The summed E-state index contributed by atoms with van der Waals surface area (Å²) < 4.78 is 12.7. The second-order valence-electron chi connectivity index (χ2n) is 6.72. The first-order chi connectivity index (χ1) is 13.4. The molecule has 1 heterocycles. The maximum absolute atomic E-state index is 12.1. The van der Waals surface area contributed by atoms with Crippen molar-refractivity contribution in [3.05, 3.63) is 36.2 Å². The summed E-state index contributed by atoms with van der Waals surface area (Å²) in [6, 6.07) is 5.05. The molecule has 8 nitrogen and oxygen atoms in total. The van der Waals surface area contributed by atoms with Gasteiger partial charge in [-0.1, -0.05) is 0 Å². The van der Waals surface area contributed by atoms with Gasteiger partial charge < -0.3 is 19.7 Å².